The van der Waals surface area contributed by atoms with Gasteiger partial charge >= 0.3 is 5.97 Å². The van der Waals surface area contributed by atoms with Gasteiger partial charge in [-0.05, 0) is 47.9 Å². The van der Waals surface area contributed by atoms with Crippen molar-refractivity contribution in [2.24, 2.45) is 0 Å². The Morgan fingerprint density at radius 2 is 1.67 bits per heavy atom. The summed E-state index contributed by atoms with van der Waals surface area (Å²) in [5.41, 5.74) is 4.02. The number of halogens is 2. The number of pyridine rings is 1. The lowest BCUT2D eigenvalue weighted by Crippen LogP contribution is -2.48. The minimum atomic E-state index is -1.07. The average molecular weight is 536 g/mol. The zero-order chi connectivity index (χ0) is 24.8. The lowest BCUT2D eigenvalue weighted by Gasteiger charge is -2.41. The third-order valence-electron chi connectivity index (χ3n) is 7.00. The van der Waals surface area contributed by atoms with E-state index in [9.17, 15) is 9.90 Å². The summed E-state index contributed by atoms with van der Waals surface area (Å²) < 4.78 is 0. The van der Waals surface area contributed by atoms with Gasteiger partial charge in [0.05, 0.1) is 16.2 Å². The van der Waals surface area contributed by atoms with Gasteiger partial charge in [-0.2, -0.15) is 0 Å². The molecule has 1 fully saturated rings. The lowest BCUT2D eigenvalue weighted by molar-refractivity contribution is 0.0691. The molecule has 1 aromatic heterocycles. The zero-order valence-electron chi connectivity index (χ0n) is 19.3. The number of aromatic nitrogens is 1. The predicted octanol–water partition coefficient (Wildman–Crippen LogP) is 6.81. The van der Waals surface area contributed by atoms with Crippen molar-refractivity contribution in [2.75, 3.05) is 31.1 Å². The van der Waals surface area contributed by atoms with Gasteiger partial charge in [-0.3, -0.25) is 4.90 Å². The maximum absolute atomic E-state index is 11.8. The van der Waals surface area contributed by atoms with Crippen LogP contribution in [0.3, 0.4) is 0 Å². The van der Waals surface area contributed by atoms with Crippen LogP contribution in [0.25, 0.3) is 10.9 Å². The number of anilines is 1. The molecule has 3 heterocycles. The molecule has 2 aliphatic heterocycles. The number of carboxylic acid groups (broad SMARTS) is 1. The van der Waals surface area contributed by atoms with Crippen molar-refractivity contribution in [3.05, 3.63) is 93.6 Å². The number of hydrogen-bond acceptors (Lipinski definition) is 5. The summed E-state index contributed by atoms with van der Waals surface area (Å²) in [6, 6.07) is 22.7. The van der Waals surface area contributed by atoms with Crippen LogP contribution in [-0.2, 0) is 6.42 Å². The van der Waals surface area contributed by atoms with E-state index in [-0.39, 0.29) is 11.7 Å². The van der Waals surface area contributed by atoms with E-state index < -0.39 is 5.97 Å². The lowest BCUT2D eigenvalue weighted by atomic mass is 9.96. The molecule has 0 amide bonds. The van der Waals surface area contributed by atoms with E-state index in [1.807, 2.05) is 11.8 Å². The normalized spacial score (nSPS) is 17.9. The smallest absolute Gasteiger partial charge is 0.354 e. The molecule has 36 heavy (non-hydrogen) atoms. The number of carboxylic acids is 1. The third kappa shape index (κ3) is 4.33. The molecule has 0 radical (unpaired) electrons. The van der Waals surface area contributed by atoms with Crippen molar-refractivity contribution in [1.82, 2.24) is 9.88 Å². The molecule has 0 saturated carbocycles. The molecule has 1 unspecified atom stereocenters. The van der Waals surface area contributed by atoms with Gasteiger partial charge in [-0.1, -0.05) is 71.4 Å². The molecule has 0 bridgehead atoms. The second-order valence-electron chi connectivity index (χ2n) is 9.10. The molecular formula is C28H23Cl2N3O2S. The van der Waals surface area contributed by atoms with E-state index in [2.05, 4.69) is 63.3 Å². The van der Waals surface area contributed by atoms with Crippen LogP contribution in [0.4, 0.5) is 5.69 Å². The molecule has 5 nitrogen and oxygen atoms in total. The summed E-state index contributed by atoms with van der Waals surface area (Å²) >= 11 is 14.6. The number of nitrogens with zero attached hydrogens (tertiary/aromatic N) is 3. The third-order valence-corrected chi connectivity index (χ3v) is 8.73. The SMILES string of the molecule is O=C(O)c1cc(N2CCN(C3Cc4ccccc4Sc4ccccc43)CC2)c2c(Cl)cc(Cl)cc2n1. The number of carbonyl (C=O) groups is 1. The zero-order valence-corrected chi connectivity index (χ0v) is 21.7. The highest BCUT2D eigenvalue weighted by Crippen LogP contribution is 2.43. The molecule has 182 valence electrons. The monoisotopic (exact) mass is 535 g/mol. The van der Waals surface area contributed by atoms with Crippen LogP contribution in [0.2, 0.25) is 10.0 Å². The summed E-state index contributed by atoms with van der Waals surface area (Å²) in [7, 11) is 0. The van der Waals surface area contributed by atoms with Crippen molar-refractivity contribution in [3.63, 3.8) is 0 Å². The number of aromatic carboxylic acids is 1. The van der Waals surface area contributed by atoms with Crippen molar-refractivity contribution >= 4 is 57.5 Å². The molecule has 0 spiro atoms. The molecule has 4 aromatic rings. The first-order valence-corrected chi connectivity index (χ1v) is 13.4. The summed E-state index contributed by atoms with van der Waals surface area (Å²) in [5.74, 6) is -1.07. The second kappa shape index (κ2) is 9.60. The Kier molecular flexibility index (Phi) is 6.30. The molecule has 8 heteroatoms. The topological polar surface area (TPSA) is 56.7 Å². The predicted molar refractivity (Wildman–Crippen MR) is 146 cm³/mol. The van der Waals surface area contributed by atoms with Gasteiger partial charge in [0.2, 0.25) is 0 Å². The fraction of sp³-hybridized carbons (Fsp3) is 0.214. The summed E-state index contributed by atoms with van der Waals surface area (Å²) in [6.07, 6.45) is 0.964. The fourth-order valence-electron chi connectivity index (χ4n) is 5.28. The van der Waals surface area contributed by atoms with E-state index in [1.165, 1.54) is 20.9 Å². The average Bonchev–Trinajstić information content (AvgIpc) is 3.04. The van der Waals surface area contributed by atoms with Crippen molar-refractivity contribution in [1.29, 1.82) is 0 Å². The van der Waals surface area contributed by atoms with Gasteiger partial charge in [0.15, 0.2) is 5.69 Å². The van der Waals surface area contributed by atoms with E-state index in [4.69, 9.17) is 23.2 Å². The molecular weight excluding hydrogens is 513 g/mol. The van der Waals surface area contributed by atoms with Crippen molar-refractivity contribution in [2.45, 2.75) is 22.3 Å². The van der Waals surface area contributed by atoms with Gasteiger partial charge in [0.1, 0.15) is 0 Å². The highest BCUT2D eigenvalue weighted by molar-refractivity contribution is 7.99. The van der Waals surface area contributed by atoms with Crippen LogP contribution >= 0.6 is 35.0 Å². The van der Waals surface area contributed by atoms with Crippen LogP contribution in [0.15, 0.2) is 76.5 Å². The Morgan fingerprint density at radius 1 is 0.944 bits per heavy atom. The minimum Gasteiger partial charge on any atom is -0.477 e. The first-order chi connectivity index (χ1) is 17.5. The standard InChI is InChI=1S/C28H23Cl2N3O2S/c29-18-14-20(30)27-21(15-18)31-22(28(34)35)16-24(27)33-11-9-32(10-12-33)23-13-17-5-1-3-7-25(17)36-26-8-4-2-6-19(23)26/h1-8,14-16,23H,9-13H2,(H,34,35). The van der Waals surface area contributed by atoms with Crippen molar-refractivity contribution < 1.29 is 9.90 Å². The number of rotatable bonds is 3. The highest BCUT2D eigenvalue weighted by atomic mass is 35.5. The number of fused-ring (bicyclic) bond motifs is 3. The molecule has 1 atom stereocenters. The van der Waals surface area contributed by atoms with Gasteiger partial charge in [-0.25, -0.2) is 9.78 Å². The van der Waals surface area contributed by atoms with E-state index >= 15 is 0 Å². The summed E-state index contributed by atoms with van der Waals surface area (Å²) in [4.78, 5) is 23.5. The Bertz CT molecular complexity index is 1490. The Balaban J connectivity index is 1.32. The molecule has 1 saturated heterocycles. The van der Waals surface area contributed by atoms with Gasteiger partial charge in [-0.15, -0.1) is 0 Å². The number of piperazine rings is 1. The van der Waals surface area contributed by atoms with Gasteiger partial charge < -0.3 is 10.0 Å². The van der Waals surface area contributed by atoms with Crippen molar-refractivity contribution in [3.8, 4) is 0 Å². The van der Waals surface area contributed by atoms with Crippen LogP contribution in [0.5, 0.6) is 0 Å². The van der Waals surface area contributed by atoms with Gasteiger partial charge in [0, 0.05) is 52.4 Å². The second-order valence-corrected chi connectivity index (χ2v) is 11.0. The van der Waals surface area contributed by atoms with Gasteiger partial charge in [0.25, 0.3) is 0 Å². The van der Waals surface area contributed by atoms with E-state index in [1.54, 1.807) is 18.2 Å². The minimum absolute atomic E-state index is 0.00964. The largest absolute Gasteiger partial charge is 0.477 e. The van der Waals surface area contributed by atoms with Crippen LogP contribution < -0.4 is 4.90 Å². The Hall–Kier alpha value is -2.77. The number of hydrogen-bond donors (Lipinski definition) is 1. The summed E-state index contributed by atoms with van der Waals surface area (Å²) in [5, 5.41) is 11.3. The van der Waals surface area contributed by atoms with E-state index in [0.29, 0.717) is 15.6 Å². The van der Waals surface area contributed by atoms with Crippen LogP contribution in [-0.4, -0.2) is 47.1 Å². The first kappa shape index (κ1) is 23.6. The maximum atomic E-state index is 11.8. The summed E-state index contributed by atoms with van der Waals surface area (Å²) in [6.45, 7) is 3.21. The Labute approximate surface area is 223 Å². The molecule has 3 aromatic carbocycles. The highest BCUT2D eigenvalue weighted by Gasteiger charge is 2.30. The van der Waals surface area contributed by atoms with Crippen LogP contribution in [0.1, 0.15) is 27.7 Å². The molecule has 6 rings (SSSR count). The molecule has 2 aliphatic rings. The fourth-order valence-corrected chi connectivity index (χ4v) is 7.00. The Morgan fingerprint density at radius 3 is 2.44 bits per heavy atom. The van der Waals surface area contributed by atoms with E-state index in [0.717, 1.165) is 43.7 Å². The number of benzene rings is 3. The van der Waals surface area contributed by atoms with Crippen LogP contribution in [0, 0.1) is 0 Å². The maximum Gasteiger partial charge on any atom is 0.354 e. The molecule has 0 aliphatic carbocycles. The molecule has 1 N–H and O–H groups in total. The first-order valence-electron chi connectivity index (χ1n) is 11.8. The quantitative estimate of drug-likeness (QED) is 0.311.